The van der Waals surface area contributed by atoms with E-state index in [9.17, 15) is 14.7 Å². The Hall–Kier alpha value is -2.08. The van der Waals surface area contributed by atoms with Crippen LogP contribution in [-0.4, -0.2) is 34.2 Å². The first-order chi connectivity index (χ1) is 8.71. The van der Waals surface area contributed by atoms with Gasteiger partial charge in [-0.3, -0.25) is 9.59 Å². The molecule has 19 heavy (non-hydrogen) atoms. The molecule has 0 saturated heterocycles. The van der Waals surface area contributed by atoms with E-state index < -0.39 is 23.9 Å². The Bertz CT molecular complexity index is 497. The van der Waals surface area contributed by atoms with E-state index in [0.717, 1.165) is 5.56 Å². The first-order valence-electron chi connectivity index (χ1n) is 5.80. The second-order valence-electron chi connectivity index (χ2n) is 4.84. The third-order valence-electron chi connectivity index (χ3n) is 2.62. The van der Waals surface area contributed by atoms with Crippen molar-refractivity contribution in [1.82, 2.24) is 5.32 Å². The normalized spacial score (nSPS) is 13.6. The Morgan fingerprint density at radius 3 is 2.63 bits per heavy atom. The van der Waals surface area contributed by atoms with Gasteiger partial charge in [0.05, 0.1) is 17.6 Å². The number of aliphatic carboxylic acids is 1. The fourth-order valence-electron chi connectivity index (χ4n) is 1.62. The van der Waals surface area contributed by atoms with Gasteiger partial charge in [0.2, 0.25) is 0 Å². The van der Waals surface area contributed by atoms with E-state index in [1.165, 1.54) is 6.92 Å². The molecule has 0 spiro atoms. The van der Waals surface area contributed by atoms with Crippen LogP contribution < -0.4 is 11.1 Å². The Morgan fingerprint density at radius 2 is 2.05 bits per heavy atom. The molecule has 0 aliphatic carbocycles. The van der Waals surface area contributed by atoms with Gasteiger partial charge < -0.3 is 21.3 Å². The van der Waals surface area contributed by atoms with Crippen LogP contribution in [-0.2, 0) is 4.79 Å². The summed E-state index contributed by atoms with van der Waals surface area (Å²) in [6.07, 6.45) is -0.448. The lowest BCUT2D eigenvalue weighted by atomic mass is 10.0. The average molecular weight is 266 g/mol. The van der Waals surface area contributed by atoms with Crippen LogP contribution in [0.15, 0.2) is 18.2 Å². The van der Waals surface area contributed by atoms with E-state index in [-0.39, 0.29) is 6.54 Å². The van der Waals surface area contributed by atoms with Gasteiger partial charge in [0.15, 0.2) is 0 Å². The quantitative estimate of drug-likeness (QED) is 0.581. The third kappa shape index (κ3) is 4.59. The number of nitrogens with one attached hydrogen (secondary N) is 1. The first kappa shape index (κ1) is 15.0. The molecule has 1 atom stereocenters. The number of anilines is 1. The second kappa shape index (κ2) is 5.71. The van der Waals surface area contributed by atoms with E-state index in [1.807, 2.05) is 6.92 Å². The number of hydrogen-bond donors (Lipinski definition) is 4. The minimum atomic E-state index is -1.50. The van der Waals surface area contributed by atoms with E-state index >= 15 is 0 Å². The van der Waals surface area contributed by atoms with Crippen molar-refractivity contribution in [3.8, 4) is 0 Å². The Labute approximate surface area is 111 Å². The fourth-order valence-corrected chi connectivity index (χ4v) is 1.62. The van der Waals surface area contributed by atoms with Crippen molar-refractivity contribution in [2.45, 2.75) is 25.9 Å². The summed E-state index contributed by atoms with van der Waals surface area (Å²) in [5.74, 6) is -1.57. The van der Waals surface area contributed by atoms with Gasteiger partial charge in [-0.1, -0.05) is 11.6 Å². The molecule has 0 fully saturated rings. The van der Waals surface area contributed by atoms with Crippen LogP contribution >= 0.6 is 0 Å². The molecule has 6 heteroatoms. The molecule has 1 aromatic rings. The van der Waals surface area contributed by atoms with Gasteiger partial charge in [0, 0.05) is 12.2 Å². The van der Waals surface area contributed by atoms with Crippen LogP contribution in [0.2, 0.25) is 0 Å². The van der Waals surface area contributed by atoms with Crippen molar-refractivity contribution in [1.29, 1.82) is 0 Å². The zero-order chi connectivity index (χ0) is 14.6. The predicted octanol–water partition coefficient (Wildman–Crippen LogP) is 0.533. The van der Waals surface area contributed by atoms with Crippen LogP contribution in [0.1, 0.15) is 29.3 Å². The highest BCUT2D eigenvalue weighted by atomic mass is 16.4. The molecule has 0 bridgehead atoms. The second-order valence-corrected chi connectivity index (χ2v) is 4.84. The summed E-state index contributed by atoms with van der Waals surface area (Å²) in [6, 6.07) is 5.04. The molecule has 0 radical (unpaired) electrons. The minimum absolute atomic E-state index is 0.161. The molecule has 1 rings (SSSR count). The molecular weight excluding hydrogens is 248 g/mol. The van der Waals surface area contributed by atoms with Crippen molar-refractivity contribution in [3.05, 3.63) is 29.3 Å². The zero-order valence-electron chi connectivity index (χ0n) is 10.9. The first-order valence-corrected chi connectivity index (χ1v) is 5.80. The fraction of sp³-hybridized carbons (Fsp3) is 0.385. The van der Waals surface area contributed by atoms with Crippen molar-refractivity contribution in [2.75, 3.05) is 12.3 Å². The van der Waals surface area contributed by atoms with Crippen LogP contribution in [0.3, 0.4) is 0 Å². The number of hydrogen-bond acceptors (Lipinski definition) is 4. The van der Waals surface area contributed by atoms with Gasteiger partial charge in [0.25, 0.3) is 5.91 Å². The number of aliphatic hydroxyl groups is 1. The molecular formula is C13H18N2O4. The van der Waals surface area contributed by atoms with Crippen molar-refractivity contribution in [2.24, 2.45) is 0 Å². The SMILES string of the molecule is Cc1ccc(N)c(C(=O)NCC(C)(O)CC(=O)O)c1. The number of amides is 1. The summed E-state index contributed by atoms with van der Waals surface area (Å²) in [4.78, 5) is 22.4. The number of carbonyl (C=O) groups excluding carboxylic acids is 1. The topological polar surface area (TPSA) is 113 Å². The smallest absolute Gasteiger partial charge is 0.306 e. The maximum absolute atomic E-state index is 11.9. The highest BCUT2D eigenvalue weighted by molar-refractivity contribution is 5.99. The number of benzene rings is 1. The molecule has 0 aromatic heterocycles. The Balaban J connectivity index is 2.70. The van der Waals surface area contributed by atoms with Crippen LogP contribution in [0.4, 0.5) is 5.69 Å². The highest BCUT2D eigenvalue weighted by Gasteiger charge is 2.25. The van der Waals surface area contributed by atoms with Gasteiger partial charge >= 0.3 is 5.97 Å². The van der Waals surface area contributed by atoms with E-state index in [0.29, 0.717) is 11.3 Å². The summed E-state index contributed by atoms with van der Waals surface area (Å²) in [7, 11) is 0. The average Bonchev–Trinajstić information content (AvgIpc) is 2.27. The minimum Gasteiger partial charge on any atom is -0.481 e. The number of carboxylic acids is 1. The van der Waals surface area contributed by atoms with Gasteiger partial charge in [-0.2, -0.15) is 0 Å². The van der Waals surface area contributed by atoms with Crippen LogP contribution in [0.25, 0.3) is 0 Å². The van der Waals surface area contributed by atoms with Gasteiger partial charge in [-0.25, -0.2) is 0 Å². The molecule has 1 amide bonds. The Kier molecular flexibility index (Phi) is 4.50. The van der Waals surface area contributed by atoms with Crippen molar-refractivity contribution < 1.29 is 19.8 Å². The molecule has 5 N–H and O–H groups in total. The lowest BCUT2D eigenvalue weighted by molar-refractivity contribution is -0.141. The van der Waals surface area contributed by atoms with Crippen LogP contribution in [0.5, 0.6) is 0 Å². The number of nitrogens with two attached hydrogens (primary N) is 1. The van der Waals surface area contributed by atoms with Gasteiger partial charge in [0.1, 0.15) is 0 Å². The van der Waals surface area contributed by atoms with E-state index in [2.05, 4.69) is 5.32 Å². The molecule has 0 aliphatic rings. The number of carboxylic acid groups (broad SMARTS) is 1. The number of carbonyl (C=O) groups is 2. The molecule has 0 aliphatic heterocycles. The molecule has 0 heterocycles. The molecule has 6 nitrogen and oxygen atoms in total. The largest absolute Gasteiger partial charge is 0.481 e. The van der Waals surface area contributed by atoms with Crippen molar-refractivity contribution >= 4 is 17.6 Å². The number of aryl methyl sites for hydroxylation is 1. The summed E-state index contributed by atoms with van der Waals surface area (Å²) in [6.45, 7) is 3.02. The van der Waals surface area contributed by atoms with Gasteiger partial charge in [-0.05, 0) is 26.0 Å². The monoisotopic (exact) mass is 266 g/mol. The van der Waals surface area contributed by atoms with Crippen molar-refractivity contribution in [3.63, 3.8) is 0 Å². The maximum Gasteiger partial charge on any atom is 0.306 e. The zero-order valence-corrected chi connectivity index (χ0v) is 10.9. The lowest BCUT2D eigenvalue weighted by Gasteiger charge is -2.21. The number of nitrogen functional groups attached to an aromatic ring is 1. The van der Waals surface area contributed by atoms with E-state index in [1.54, 1.807) is 18.2 Å². The highest BCUT2D eigenvalue weighted by Crippen LogP contribution is 2.14. The van der Waals surface area contributed by atoms with Crippen LogP contribution in [0, 0.1) is 6.92 Å². The molecule has 104 valence electrons. The maximum atomic E-state index is 11.9. The summed E-state index contributed by atoms with van der Waals surface area (Å²) >= 11 is 0. The Morgan fingerprint density at radius 1 is 1.42 bits per heavy atom. The standard InChI is InChI=1S/C13H18N2O4/c1-8-3-4-10(14)9(5-8)12(18)15-7-13(2,19)6-11(16)17/h3-5,19H,6-7,14H2,1-2H3,(H,15,18)(H,16,17). The third-order valence-corrected chi connectivity index (χ3v) is 2.62. The van der Waals surface area contributed by atoms with E-state index in [4.69, 9.17) is 10.8 Å². The summed E-state index contributed by atoms with van der Waals surface area (Å²) in [5.41, 5.74) is 5.72. The molecule has 0 saturated carbocycles. The molecule has 1 aromatic carbocycles. The molecule has 1 unspecified atom stereocenters. The van der Waals surface area contributed by atoms with Gasteiger partial charge in [-0.15, -0.1) is 0 Å². The summed E-state index contributed by atoms with van der Waals surface area (Å²) < 4.78 is 0. The predicted molar refractivity (Wildman–Crippen MR) is 70.8 cm³/mol. The lowest BCUT2D eigenvalue weighted by Crippen LogP contribution is -2.42. The number of rotatable bonds is 5. The summed E-state index contributed by atoms with van der Waals surface area (Å²) in [5, 5.41) is 20.9.